The molecule has 1 aliphatic heterocycles. The zero-order valence-corrected chi connectivity index (χ0v) is 13.0. The van der Waals surface area contributed by atoms with Crippen LogP contribution in [0.25, 0.3) is 0 Å². The van der Waals surface area contributed by atoms with Crippen molar-refractivity contribution in [1.29, 1.82) is 0 Å². The molecule has 1 heterocycles. The summed E-state index contributed by atoms with van der Waals surface area (Å²) in [4.78, 5) is 6.50. The molecule has 0 saturated heterocycles. The van der Waals surface area contributed by atoms with E-state index in [1.165, 1.54) is 0 Å². The van der Waals surface area contributed by atoms with Crippen LogP contribution in [0.4, 0.5) is 0 Å². The number of ether oxygens (including phenoxy) is 2. The highest BCUT2D eigenvalue weighted by Gasteiger charge is 2.13. The summed E-state index contributed by atoms with van der Waals surface area (Å²) in [6, 6.07) is 3.98. The van der Waals surface area contributed by atoms with Crippen LogP contribution in [0.5, 0.6) is 11.5 Å². The van der Waals surface area contributed by atoms with Crippen molar-refractivity contribution in [3.8, 4) is 11.5 Å². The molecule has 0 unspecified atom stereocenters. The second kappa shape index (κ2) is 6.14. The van der Waals surface area contributed by atoms with Gasteiger partial charge in [0.1, 0.15) is 0 Å². The van der Waals surface area contributed by atoms with Gasteiger partial charge in [-0.1, -0.05) is 0 Å². The van der Waals surface area contributed by atoms with E-state index in [9.17, 15) is 0 Å². The lowest BCUT2D eigenvalue weighted by Crippen LogP contribution is -2.35. The molecule has 0 spiro atoms. The molecule has 0 fully saturated rings. The van der Waals surface area contributed by atoms with Crippen molar-refractivity contribution in [3.05, 3.63) is 22.2 Å². The van der Waals surface area contributed by atoms with E-state index in [0.29, 0.717) is 12.3 Å². The zero-order valence-electron chi connectivity index (χ0n) is 11.4. The molecule has 5 nitrogen and oxygen atoms in total. The van der Waals surface area contributed by atoms with Crippen LogP contribution in [0.3, 0.4) is 0 Å². The molecule has 2 rings (SSSR count). The maximum absolute atomic E-state index is 5.33. The quantitative estimate of drug-likeness (QED) is 0.916. The Morgan fingerprint density at radius 1 is 1.37 bits per heavy atom. The molecule has 1 aromatic carbocycles. The number of likely N-dealkylation sites (N-methyl/N-ethyl adjacent to an activating group) is 1. The minimum absolute atomic E-state index is 0.697. The van der Waals surface area contributed by atoms with Crippen molar-refractivity contribution >= 4 is 21.9 Å². The first kappa shape index (κ1) is 14.0. The fourth-order valence-corrected chi connectivity index (χ4v) is 2.63. The van der Waals surface area contributed by atoms with Gasteiger partial charge >= 0.3 is 0 Å². The van der Waals surface area contributed by atoms with E-state index in [2.05, 4.69) is 31.1 Å². The molecule has 6 heteroatoms. The second-order valence-corrected chi connectivity index (χ2v) is 5.15. The monoisotopic (exact) mass is 327 g/mol. The molecule has 0 aromatic heterocycles. The van der Waals surface area contributed by atoms with Crippen molar-refractivity contribution in [2.24, 2.45) is 4.99 Å². The van der Waals surface area contributed by atoms with Gasteiger partial charge in [-0.15, -0.1) is 0 Å². The topological polar surface area (TPSA) is 46.1 Å². The zero-order chi connectivity index (χ0) is 13.8. The van der Waals surface area contributed by atoms with Crippen LogP contribution in [-0.4, -0.2) is 45.2 Å². The van der Waals surface area contributed by atoms with Crippen molar-refractivity contribution in [1.82, 2.24) is 10.2 Å². The highest BCUT2D eigenvalue weighted by atomic mass is 79.9. The van der Waals surface area contributed by atoms with Gasteiger partial charge in [0.25, 0.3) is 0 Å². The van der Waals surface area contributed by atoms with E-state index in [-0.39, 0.29) is 0 Å². The molecule has 0 amide bonds. The molecular formula is C13H18BrN3O2. The Hall–Kier alpha value is -1.43. The Morgan fingerprint density at radius 2 is 2.16 bits per heavy atom. The van der Waals surface area contributed by atoms with Crippen LogP contribution >= 0.6 is 15.9 Å². The molecule has 0 bridgehead atoms. The number of hydrogen-bond acceptors (Lipinski definition) is 5. The predicted molar refractivity (Wildman–Crippen MR) is 79.0 cm³/mol. The minimum Gasteiger partial charge on any atom is -0.493 e. The van der Waals surface area contributed by atoms with Gasteiger partial charge in [0.15, 0.2) is 17.5 Å². The predicted octanol–water partition coefficient (Wildman–Crippen LogP) is 1.86. The Balaban J connectivity index is 2.10. The summed E-state index contributed by atoms with van der Waals surface area (Å²) in [5.41, 5.74) is 1.10. The lowest BCUT2D eigenvalue weighted by atomic mass is 10.2. The van der Waals surface area contributed by atoms with E-state index in [1.54, 1.807) is 14.2 Å². The molecule has 0 radical (unpaired) electrons. The fraction of sp³-hybridized carbons (Fsp3) is 0.462. The van der Waals surface area contributed by atoms with Gasteiger partial charge in [-0.3, -0.25) is 4.99 Å². The third-order valence-electron chi connectivity index (χ3n) is 3.00. The number of halogens is 1. The molecule has 1 aromatic rings. The lowest BCUT2D eigenvalue weighted by molar-refractivity contribution is 0.352. The first-order valence-electron chi connectivity index (χ1n) is 6.05. The van der Waals surface area contributed by atoms with Crippen molar-refractivity contribution < 1.29 is 9.47 Å². The van der Waals surface area contributed by atoms with Crippen LogP contribution in [0.1, 0.15) is 5.56 Å². The van der Waals surface area contributed by atoms with E-state index >= 15 is 0 Å². The molecule has 0 saturated carbocycles. The molecule has 1 N–H and O–H groups in total. The van der Waals surface area contributed by atoms with E-state index in [1.807, 2.05) is 19.2 Å². The molecular weight excluding hydrogens is 310 g/mol. The van der Waals surface area contributed by atoms with Gasteiger partial charge in [-0.2, -0.15) is 0 Å². The summed E-state index contributed by atoms with van der Waals surface area (Å²) < 4.78 is 11.5. The van der Waals surface area contributed by atoms with Crippen LogP contribution in [0.15, 0.2) is 21.6 Å². The van der Waals surface area contributed by atoms with E-state index in [4.69, 9.17) is 9.47 Å². The van der Waals surface area contributed by atoms with Gasteiger partial charge < -0.3 is 19.7 Å². The number of aliphatic imine (C=N–C) groups is 1. The van der Waals surface area contributed by atoms with Crippen molar-refractivity contribution in [3.63, 3.8) is 0 Å². The van der Waals surface area contributed by atoms with Gasteiger partial charge in [-0.05, 0) is 33.6 Å². The number of nitrogens with zero attached hydrogens (tertiary/aromatic N) is 2. The standard InChI is InChI=1S/C13H18BrN3O2/c1-17-5-4-15-13(17)16-8-9-6-10(14)12(19-3)11(7-9)18-2/h6-7H,4-5,8H2,1-3H3,(H,15,16). The highest BCUT2D eigenvalue weighted by Crippen LogP contribution is 2.36. The lowest BCUT2D eigenvalue weighted by Gasteiger charge is -2.16. The number of hydrogen-bond donors (Lipinski definition) is 1. The second-order valence-electron chi connectivity index (χ2n) is 4.29. The Bertz CT molecular complexity index is 491. The maximum Gasteiger partial charge on any atom is 0.194 e. The molecule has 1 aliphatic rings. The highest BCUT2D eigenvalue weighted by molar-refractivity contribution is 9.10. The Labute approximate surface area is 121 Å². The van der Waals surface area contributed by atoms with Crippen LogP contribution in [0.2, 0.25) is 0 Å². The first-order chi connectivity index (χ1) is 9.15. The largest absolute Gasteiger partial charge is 0.493 e. The summed E-state index contributed by atoms with van der Waals surface area (Å²) >= 11 is 3.49. The number of benzene rings is 1. The summed E-state index contributed by atoms with van der Waals surface area (Å²) in [5.74, 6) is 2.36. The Morgan fingerprint density at radius 3 is 2.74 bits per heavy atom. The normalized spacial score (nSPS) is 14.3. The number of rotatable bonds is 4. The van der Waals surface area contributed by atoms with Crippen molar-refractivity contribution in [2.45, 2.75) is 6.54 Å². The number of guanidine groups is 1. The summed E-state index contributed by atoms with van der Waals surface area (Å²) in [5, 5.41) is 3.32. The third-order valence-corrected chi connectivity index (χ3v) is 3.59. The maximum atomic E-state index is 5.33. The van der Waals surface area contributed by atoms with Crippen LogP contribution < -0.4 is 14.8 Å². The van der Waals surface area contributed by atoms with Gasteiger partial charge in [-0.25, -0.2) is 0 Å². The molecule has 19 heavy (non-hydrogen) atoms. The van der Waals surface area contributed by atoms with E-state index in [0.717, 1.165) is 34.8 Å². The molecule has 0 aliphatic carbocycles. The smallest absolute Gasteiger partial charge is 0.194 e. The molecule has 104 valence electrons. The molecule has 0 atom stereocenters. The fourth-order valence-electron chi connectivity index (χ4n) is 1.98. The van der Waals surface area contributed by atoms with Crippen LogP contribution in [-0.2, 0) is 6.54 Å². The summed E-state index contributed by atoms with van der Waals surface area (Å²) in [7, 11) is 5.29. The SMILES string of the molecule is COc1cc(CNC2=NCCN2C)cc(Br)c1OC. The number of methoxy groups -OCH3 is 2. The average Bonchev–Trinajstić information content (AvgIpc) is 2.81. The van der Waals surface area contributed by atoms with Gasteiger partial charge in [0, 0.05) is 20.1 Å². The summed E-state index contributed by atoms with van der Waals surface area (Å²) in [6.45, 7) is 2.52. The minimum atomic E-state index is 0.697. The third kappa shape index (κ3) is 3.12. The first-order valence-corrected chi connectivity index (χ1v) is 6.85. The van der Waals surface area contributed by atoms with Crippen molar-refractivity contribution in [2.75, 3.05) is 34.4 Å². The van der Waals surface area contributed by atoms with E-state index < -0.39 is 0 Å². The van der Waals surface area contributed by atoms with Gasteiger partial charge in [0.05, 0.1) is 25.2 Å². The summed E-state index contributed by atoms with van der Waals surface area (Å²) in [6.07, 6.45) is 0. The van der Waals surface area contributed by atoms with Gasteiger partial charge in [0.2, 0.25) is 0 Å². The van der Waals surface area contributed by atoms with Crippen LogP contribution in [0, 0.1) is 0 Å². The Kier molecular flexibility index (Phi) is 4.52. The average molecular weight is 328 g/mol. The number of nitrogens with one attached hydrogen (secondary N) is 1.